The predicted molar refractivity (Wildman–Crippen MR) is 66.7 cm³/mol. The number of ether oxygens (including phenoxy) is 2. The van der Waals surface area contributed by atoms with Crippen molar-refractivity contribution < 1.29 is 13.9 Å². The van der Waals surface area contributed by atoms with Gasteiger partial charge in [-0.3, -0.25) is 0 Å². The molecule has 0 aromatic heterocycles. The maximum atomic E-state index is 13.5. The molecule has 0 saturated carbocycles. The summed E-state index contributed by atoms with van der Waals surface area (Å²) in [6, 6.07) is 4.57. The third kappa shape index (κ3) is 2.92. The smallest absolute Gasteiger partial charge is 0.137 e. The lowest BCUT2D eigenvalue weighted by Gasteiger charge is -2.13. The summed E-state index contributed by atoms with van der Waals surface area (Å²) >= 11 is 4.82. The van der Waals surface area contributed by atoms with E-state index in [0.717, 1.165) is 13.0 Å². The average molecular weight is 255 g/mol. The summed E-state index contributed by atoms with van der Waals surface area (Å²) in [5.41, 5.74) is 5.67. The third-order valence-electron chi connectivity index (χ3n) is 2.72. The van der Waals surface area contributed by atoms with E-state index in [2.05, 4.69) is 0 Å². The van der Waals surface area contributed by atoms with Gasteiger partial charge in [0.25, 0.3) is 0 Å². The topological polar surface area (TPSA) is 44.5 Å². The van der Waals surface area contributed by atoms with Crippen LogP contribution in [0.25, 0.3) is 0 Å². The van der Waals surface area contributed by atoms with Gasteiger partial charge in [0.05, 0.1) is 18.8 Å². The van der Waals surface area contributed by atoms with Gasteiger partial charge in [-0.1, -0.05) is 18.3 Å². The zero-order valence-electron chi connectivity index (χ0n) is 9.32. The van der Waals surface area contributed by atoms with Crippen molar-refractivity contribution in [2.45, 2.75) is 6.42 Å². The van der Waals surface area contributed by atoms with Crippen molar-refractivity contribution in [1.82, 2.24) is 0 Å². The first-order valence-corrected chi connectivity index (χ1v) is 5.88. The van der Waals surface area contributed by atoms with Crippen molar-refractivity contribution >= 4 is 17.2 Å². The Morgan fingerprint density at radius 3 is 3.06 bits per heavy atom. The first-order chi connectivity index (χ1) is 8.18. The standard InChI is InChI=1S/C12H14FNO2S/c13-9-2-1-3-10(11(9)12(14)17)16-7-8-4-5-15-6-8/h1-3,8H,4-7H2,(H2,14,17). The lowest BCUT2D eigenvalue weighted by atomic mass is 10.1. The molecule has 0 radical (unpaired) electrons. The van der Waals surface area contributed by atoms with E-state index in [-0.39, 0.29) is 10.6 Å². The van der Waals surface area contributed by atoms with E-state index in [9.17, 15) is 4.39 Å². The van der Waals surface area contributed by atoms with Crippen LogP contribution in [0.5, 0.6) is 5.75 Å². The fourth-order valence-corrected chi connectivity index (χ4v) is 1.98. The van der Waals surface area contributed by atoms with Gasteiger partial charge in [0.15, 0.2) is 0 Å². The number of halogens is 1. The van der Waals surface area contributed by atoms with E-state index in [1.807, 2.05) is 0 Å². The molecule has 0 spiro atoms. The second-order valence-corrected chi connectivity index (χ2v) is 4.46. The van der Waals surface area contributed by atoms with Crippen LogP contribution in [0.15, 0.2) is 18.2 Å². The predicted octanol–water partition coefficient (Wildman–Crippen LogP) is 1.88. The molecule has 1 atom stereocenters. The first kappa shape index (κ1) is 12.3. The molecular formula is C12H14FNO2S. The molecule has 5 heteroatoms. The number of rotatable bonds is 4. The molecule has 1 heterocycles. The fourth-order valence-electron chi connectivity index (χ4n) is 1.79. The molecule has 1 aliphatic rings. The zero-order chi connectivity index (χ0) is 12.3. The van der Waals surface area contributed by atoms with Crippen molar-refractivity contribution in [3.8, 4) is 5.75 Å². The summed E-state index contributed by atoms with van der Waals surface area (Å²) in [5, 5.41) is 0. The molecule has 0 bridgehead atoms. The van der Waals surface area contributed by atoms with Crippen LogP contribution in [0.2, 0.25) is 0 Å². The van der Waals surface area contributed by atoms with Crippen molar-refractivity contribution in [2.75, 3.05) is 19.8 Å². The van der Waals surface area contributed by atoms with Crippen molar-refractivity contribution in [3.05, 3.63) is 29.6 Å². The van der Waals surface area contributed by atoms with Gasteiger partial charge >= 0.3 is 0 Å². The van der Waals surface area contributed by atoms with E-state index in [4.69, 9.17) is 27.4 Å². The monoisotopic (exact) mass is 255 g/mol. The van der Waals surface area contributed by atoms with Gasteiger partial charge in [-0.15, -0.1) is 0 Å². The van der Waals surface area contributed by atoms with Crippen LogP contribution in [0.4, 0.5) is 4.39 Å². The summed E-state index contributed by atoms with van der Waals surface area (Å²) in [5.74, 6) is 0.319. The van der Waals surface area contributed by atoms with E-state index in [0.29, 0.717) is 24.9 Å². The Morgan fingerprint density at radius 1 is 1.59 bits per heavy atom. The molecule has 0 amide bonds. The van der Waals surface area contributed by atoms with Gasteiger partial charge in [-0.25, -0.2) is 4.39 Å². The van der Waals surface area contributed by atoms with Gasteiger partial charge in [-0.05, 0) is 18.6 Å². The number of thiocarbonyl (C=S) groups is 1. The summed E-state index contributed by atoms with van der Waals surface area (Å²) in [7, 11) is 0. The lowest BCUT2D eigenvalue weighted by molar-refractivity contribution is 0.167. The van der Waals surface area contributed by atoms with Crippen molar-refractivity contribution in [3.63, 3.8) is 0 Å². The summed E-state index contributed by atoms with van der Waals surface area (Å²) < 4.78 is 24.3. The number of hydrogen-bond donors (Lipinski definition) is 1. The summed E-state index contributed by atoms with van der Waals surface area (Å²) in [4.78, 5) is 0.0146. The highest BCUT2D eigenvalue weighted by Gasteiger charge is 2.18. The highest BCUT2D eigenvalue weighted by atomic mass is 32.1. The van der Waals surface area contributed by atoms with Crippen LogP contribution in [0.3, 0.4) is 0 Å². The van der Waals surface area contributed by atoms with Gasteiger partial charge in [0.2, 0.25) is 0 Å². The SMILES string of the molecule is NC(=S)c1c(F)cccc1OCC1CCOC1. The Labute approximate surface area is 105 Å². The highest BCUT2D eigenvalue weighted by molar-refractivity contribution is 7.80. The van der Waals surface area contributed by atoms with Gasteiger partial charge in [0, 0.05) is 12.5 Å². The quantitative estimate of drug-likeness (QED) is 0.834. The minimum atomic E-state index is -0.447. The molecule has 3 nitrogen and oxygen atoms in total. The molecule has 1 aliphatic heterocycles. The summed E-state index contributed by atoms with van der Waals surface area (Å²) in [6.45, 7) is 1.95. The molecule has 1 saturated heterocycles. The maximum Gasteiger partial charge on any atom is 0.137 e. The highest BCUT2D eigenvalue weighted by Crippen LogP contribution is 2.23. The van der Waals surface area contributed by atoms with Crippen molar-refractivity contribution in [2.24, 2.45) is 11.7 Å². The lowest BCUT2D eigenvalue weighted by Crippen LogP contribution is -2.17. The second kappa shape index (κ2) is 5.42. The molecule has 1 fully saturated rings. The Morgan fingerprint density at radius 2 is 2.41 bits per heavy atom. The van der Waals surface area contributed by atoms with Crippen LogP contribution in [-0.4, -0.2) is 24.8 Å². The van der Waals surface area contributed by atoms with Crippen molar-refractivity contribution in [1.29, 1.82) is 0 Å². The van der Waals surface area contributed by atoms with E-state index in [1.165, 1.54) is 6.07 Å². The fraction of sp³-hybridized carbons (Fsp3) is 0.417. The number of nitrogens with two attached hydrogens (primary N) is 1. The van der Waals surface area contributed by atoms with Gasteiger partial charge in [0.1, 0.15) is 16.6 Å². The third-order valence-corrected chi connectivity index (χ3v) is 2.92. The molecule has 2 rings (SSSR count). The molecule has 2 N–H and O–H groups in total. The Hall–Kier alpha value is -1.20. The summed E-state index contributed by atoms with van der Waals surface area (Å²) in [6.07, 6.45) is 0.970. The Balaban J connectivity index is 2.09. The first-order valence-electron chi connectivity index (χ1n) is 5.47. The van der Waals surface area contributed by atoms with E-state index in [1.54, 1.807) is 12.1 Å². The van der Waals surface area contributed by atoms with Crippen LogP contribution in [0.1, 0.15) is 12.0 Å². The number of hydrogen-bond acceptors (Lipinski definition) is 3. The number of benzene rings is 1. The minimum Gasteiger partial charge on any atom is -0.492 e. The van der Waals surface area contributed by atoms with Crippen LogP contribution < -0.4 is 10.5 Å². The molecule has 92 valence electrons. The Bertz CT molecular complexity index is 419. The van der Waals surface area contributed by atoms with E-state index < -0.39 is 5.82 Å². The molecular weight excluding hydrogens is 241 g/mol. The molecule has 1 unspecified atom stereocenters. The van der Waals surface area contributed by atoms with E-state index >= 15 is 0 Å². The molecule has 17 heavy (non-hydrogen) atoms. The van der Waals surface area contributed by atoms with Crippen LogP contribution in [0, 0.1) is 11.7 Å². The average Bonchev–Trinajstić information content (AvgIpc) is 2.78. The van der Waals surface area contributed by atoms with Crippen LogP contribution in [-0.2, 0) is 4.74 Å². The van der Waals surface area contributed by atoms with Gasteiger partial charge in [-0.2, -0.15) is 0 Å². The zero-order valence-corrected chi connectivity index (χ0v) is 10.1. The van der Waals surface area contributed by atoms with Gasteiger partial charge < -0.3 is 15.2 Å². The second-order valence-electron chi connectivity index (χ2n) is 4.02. The Kier molecular flexibility index (Phi) is 3.91. The molecule has 1 aromatic rings. The van der Waals surface area contributed by atoms with Crippen LogP contribution >= 0.6 is 12.2 Å². The normalized spacial score (nSPS) is 19.2. The largest absolute Gasteiger partial charge is 0.492 e. The minimum absolute atomic E-state index is 0.0146. The maximum absolute atomic E-state index is 13.5. The molecule has 1 aromatic carbocycles. The molecule has 0 aliphatic carbocycles.